The van der Waals surface area contributed by atoms with E-state index < -0.39 is 18.2 Å². The maximum Gasteiger partial charge on any atom is 0.393 e. The number of nitrogens with zero attached hydrogens (tertiary/aromatic N) is 2. The van der Waals surface area contributed by atoms with Crippen molar-refractivity contribution in [1.29, 1.82) is 0 Å². The maximum atomic E-state index is 12.5. The van der Waals surface area contributed by atoms with Crippen LogP contribution >= 0.6 is 0 Å². The molecular formula is C14H10F3N3O. The first-order valence-corrected chi connectivity index (χ1v) is 6.16. The number of rotatable bonds is 2. The molecule has 108 valence electrons. The van der Waals surface area contributed by atoms with Crippen LogP contribution in [0.4, 0.5) is 13.2 Å². The Morgan fingerprint density at radius 1 is 1.19 bits per heavy atom. The SMILES string of the molecule is O=c1cc(-c2ccccc2)[nH]c2c(CC(F)(F)F)cnn12. The smallest absolute Gasteiger partial charge is 0.339 e. The fourth-order valence-electron chi connectivity index (χ4n) is 2.15. The number of H-pyrrole nitrogens is 1. The van der Waals surface area contributed by atoms with E-state index in [4.69, 9.17) is 0 Å². The molecule has 0 spiro atoms. The average Bonchev–Trinajstić information content (AvgIpc) is 2.81. The van der Waals surface area contributed by atoms with E-state index in [9.17, 15) is 18.0 Å². The largest absolute Gasteiger partial charge is 0.393 e. The summed E-state index contributed by atoms with van der Waals surface area (Å²) < 4.78 is 38.6. The van der Waals surface area contributed by atoms with Gasteiger partial charge < -0.3 is 4.98 Å². The van der Waals surface area contributed by atoms with Gasteiger partial charge in [-0.05, 0) is 5.56 Å². The van der Waals surface area contributed by atoms with Crippen LogP contribution in [-0.4, -0.2) is 20.8 Å². The Hall–Kier alpha value is -2.57. The molecule has 2 aromatic heterocycles. The summed E-state index contributed by atoms with van der Waals surface area (Å²) in [6, 6.07) is 10.2. The van der Waals surface area contributed by atoms with E-state index in [1.807, 2.05) is 6.07 Å². The zero-order chi connectivity index (χ0) is 15.0. The van der Waals surface area contributed by atoms with Gasteiger partial charge in [0, 0.05) is 11.6 Å². The molecular weight excluding hydrogens is 283 g/mol. The molecule has 0 saturated carbocycles. The monoisotopic (exact) mass is 293 g/mol. The molecule has 21 heavy (non-hydrogen) atoms. The van der Waals surface area contributed by atoms with Crippen LogP contribution in [0, 0.1) is 0 Å². The normalized spacial score (nSPS) is 12.0. The third-order valence-electron chi connectivity index (χ3n) is 3.05. The standard InChI is InChI=1S/C14H10F3N3O/c15-14(16,17)7-10-8-18-20-12(21)6-11(19-13(10)20)9-4-2-1-3-5-9/h1-6,8,19H,7H2. The van der Waals surface area contributed by atoms with Gasteiger partial charge in [0.05, 0.1) is 18.3 Å². The molecule has 0 fully saturated rings. The van der Waals surface area contributed by atoms with Crippen LogP contribution in [0.3, 0.4) is 0 Å². The van der Waals surface area contributed by atoms with Crippen LogP contribution in [0.2, 0.25) is 0 Å². The quantitative estimate of drug-likeness (QED) is 0.790. The summed E-state index contributed by atoms with van der Waals surface area (Å²) in [5, 5.41) is 3.71. The van der Waals surface area contributed by atoms with E-state index in [1.54, 1.807) is 24.3 Å². The molecule has 0 amide bonds. The van der Waals surface area contributed by atoms with Gasteiger partial charge in [0.15, 0.2) is 0 Å². The highest BCUT2D eigenvalue weighted by Crippen LogP contribution is 2.24. The highest BCUT2D eigenvalue weighted by molar-refractivity contribution is 5.62. The van der Waals surface area contributed by atoms with E-state index in [2.05, 4.69) is 10.1 Å². The highest BCUT2D eigenvalue weighted by atomic mass is 19.4. The Labute approximate surface area is 116 Å². The second-order valence-corrected chi connectivity index (χ2v) is 4.61. The van der Waals surface area contributed by atoms with Gasteiger partial charge in [-0.2, -0.15) is 22.8 Å². The first-order valence-electron chi connectivity index (χ1n) is 6.16. The van der Waals surface area contributed by atoms with E-state index in [-0.39, 0.29) is 11.2 Å². The van der Waals surface area contributed by atoms with Gasteiger partial charge >= 0.3 is 6.18 Å². The summed E-state index contributed by atoms with van der Waals surface area (Å²) in [7, 11) is 0. The van der Waals surface area contributed by atoms with Crippen LogP contribution in [0.15, 0.2) is 47.4 Å². The highest BCUT2D eigenvalue weighted by Gasteiger charge is 2.29. The molecule has 0 atom stereocenters. The van der Waals surface area contributed by atoms with Crippen molar-refractivity contribution in [2.45, 2.75) is 12.6 Å². The predicted octanol–water partition coefficient (Wildman–Crippen LogP) is 2.79. The van der Waals surface area contributed by atoms with Crippen molar-refractivity contribution < 1.29 is 13.2 Å². The van der Waals surface area contributed by atoms with E-state index in [0.717, 1.165) is 16.3 Å². The second kappa shape index (κ2) is 4.76. The summed E-state index contributed by atoms with van der Waals surface area (Å²) in [5.74, 6) is 0. The molecule has 0 aliphatic rings. The van der Waals surface area contributed by atoms with Crippen molar-refractivity contribution in [2.24, 2.45) is 0 Å². The maximum absolute atomic E-state index is 12.5. The molecule has 0 aliphatic carbocycles. The molecule has 1 aromatic carbocycles. The summed E-state index contributed by atoms with van der Waals surface area (Å²) in [6.45, 7) is 0. The number of hydrogen-bond acceptors (Lipinski definition) is 2. The molecule has 1 N–H and O–H groups in total. The number of benzene rings is 1. The van der Waals surface area contributed by atoms with Crippen LogP contribution < -0.4 is 5.56 Å². The Balaban J connectivity index is 2.18. The first-order chi connectivity index (χ1) is 9.94. The lowest BCUT2D eigenvalue weighted by Gasteiger charge is -2.06. The fraction of sp³-hybridized carbons (Fsp3) is 0.143. The van der Waals surface area contributed by atoms with Crippen molar-refractivity contribution >= 4 is 5.65 Å². The molecule has 0 bridgehead atoms. The summed E-state index contributed by atoms with van der Waals surface area (Å²) >= 11 is 0. The van der Waals surface area contributed by atoms with Gasteiger partial charge in [-0.15, -0.1) is 0 Å². The molecule has 4 nitrogen and oxygen atoms in total. The molecule has 2 heterocycles. The van der Waals surface area contributed by atoms with E-state index in [1.165, 1.54) is 6.07 Å². The lowest BCUT2D eigenvalue weighted by molar-refractivity contribution is -0.127. The number of alkyl halides is 3. The van der Waals surface area contributed by atoms with Gasteiger partial charge in [-0.3, -0.25) is 4.79 Å². The van der Waals surface area contributed by atoms with Gasteiger partial charge in [-0.25, -0.2) is 0 Å². The number of aromatic nitrogens is 3. The predicted molar refractivity (Wildman–Crippen MR) is 71.0 cm³/mol. The number of halogens is 3. The molecule has 7 heteroatoms. The zero-order valence-corrected chi connectivity index (χ0v) is 10.7. The summed E-state index contributed by atoms with van der Waals surface area (Å²) in [5.41, 5.74) is 0.709. The van der Waals surface area contributed by atoms with Crippen LogP contribution in [0.5, 0.6) is 0 Å². The van der Waals surface area contributed by atoms with Gasteiger partial charge in [0.1, 0.15) is 5.65 Å². The number of nitrogens with one attached hydrogen (secondary N) is 1. The number of aromatic amines is 1. The molecule has 0 unspecified atom stereocenters. The topological polar surface area (TPSA) is 50.2 Å². The van der Waals surface area contributed by atoms with Gasteiger partial charge in [0.2, 0.25) is 0 Å². The van der Waals surface area contributed by atoms with Crippen molar-refractivity contribution in [2.75, 3.05) is 0 Å². The van der Waals surface area contributed by atoms with Crippen LogP contribution in [0.1, 0.15) is 5.56 Å². The van der Waals surface area contributed by atoms with Crippen molar-refractivity contribution in [3.8, 4) is 11.3 Å². The molecule has 0 radical (unpaired) electrons. The Morgan fingerprint density at radius 2 is 1.90 bits per heavy atom. The summed E-state index contributed by atoms with van der Waals surface area (Å²) in [6.07, 6.45) is -4.43. The fourth-order valence-corrected chi connectivity index (χ4v) is 2.15. The molecule has 3 rings (SSSR count). The Bertz CT molecular complexity index is 834. The third kappa shape index (κ3) is 2.67. The van der Waals surface area contributed by atoms with Crippen molar-refractivity contribution in [3.05, 3.63) is 58.5 Å². The minimum Gasteiger partial charge on any atom is -0.339 e. The molecule has 3 aromatic rings. The van der Waals surface area contributed by atoms with Gasteiger partial charge in [-0.1, -0.05) is 30.3 Å². The Kier molecular flexibility index (Phi) is 3.04. The van der Waals surface area contributed by atoms with Crippen molar-refractivity contribution in [3.63, 3.8) is 0 Å². The average molecular weight is 293 g/mol. The van der Waals surface area contributed by atoms with E-state index in [0.29, 0.717) is 5.69 Å². The van der Waals surface area contributed by atoms with Crippen LogP contribution in [0.25, 0.3) is 16.9 Å². The second-order valence-electron chi connectivity index (χ2n) is 4.61. The van der Waals surface area contributed by atoms with Crippen molar-refractivity contribution in [1.82, 2.24) is 14.6 Å². The molecule has 0 aliphatic heterocycles. The minimum absolute atomic E-state index is 0.0580. The number of fused-ring (bicyclic) bond motifs is 1. The minimum atomic E-state index is -4.36. The lowest BCUT2D eigenvalue weighted by atomic mass is 10.1. The van der Waals surface area contributed by atoms with Gasteiger partial charge in [0.25, 0.3) is 5.56 Å². The summed E-state index contributed by atoms with van der Waals surface area (Å²) in [4.78, 5) is 14.8. The number of hydrogen-bond donors (Lipinski definition) is 1. The zero-order valence-electron chi connectivity index (χ0n) is 10.7. The third-order valence-corrected chi connectivity index (χ3v) is 3.05. The lowest BCUT2D eigenvalue weighted by Crippen LogP contribution is -2.16. The van der Waals surface area contributed by atoms with E-state index >= 15 is 0 Å². The van der Waals surface area contributed by atoms with Crippen LogP contribution in [-0.2, 0) is 6.42 Å². The first kappa shape index (κ1) is 13.4. The molecule has 0 saturated heterocycles. The Morgan fingerprint density at radius 3 is 2.57 bits per heavy atom.